The lowest BCUT2D eigenvalue weighted by molar-refractivity contribution is 0.414. The maximum absolute atomic E-state index is 5.37. The van der Waals surface area contributed by atoms with Crippen molar-refractivity contribution in [1.29, 1.82) is 0 Å². The lowest BCUT2D eigenvalue weighted by atomic mass is 10.1. The number of hydrogen-bond acceptors (Lipinski definition) is 4. The van der Waals surface area contributed by atoms with Crippen LogP contribution in [0.5, 0.6) is 5.75 Å². The quantitative estimate of drug-likeness (QED) is 0.836. The van der Waals surface area contributed by atoms with Crippen molar-refractivity contribution in [3.8, 4) is 5.75 Å². The number of hydrogen-bond donors (Lipinski definition) is 1. The van der Waals surface area contributed by atoms with Crippen molar-refractivity contribution in [2.24, 2.45) is 0 Å². The van der Waals surface area contributed by atoms with Gasteiger partial charge in [-0.1, -0.05) is 19.9 Å². The normalized spacial score (nSPS) is 16.3. The number of halogens is 1. The Morgan fingerprint density at radius 1 is 1.22 bits per heavy atom. The summed E-state index contributed by atoms with van der Waals surface area (Å²) in [5.74, 6) is 1.82. The van der Waals surface area contributed by atoms with Crippen molar-refractivity contribution in [2.45, 2.75) is 45.6 Å². The van der Waals surface area contributed by atoms with E-state index in [9.17, 15) is 0 Å². The molecule has 0 aliphatic heterocycles. The SMILES string of the molecule is CCc1nc(NC2CCc3ccc(OC)cc32)c(CC)nc1Br. The third-order valence-corrected chi connectivity index (χ3v) is 5.04. The summed E-state index contributed by atoms with van der Waals surface area (Å²) in [6.07, 6.45) is 3.88. The first-order valence-electron chi connectivity index (χ1n) is 8.14. The van der Waals surface area contributed by atoms with Crippen LogP contribution in [0.1, 0.15) is 48.8 Å². The predicted molar refractivity (Wildman–Crippen MR) is 96.2 cm³/mol. The molecule has 1 aliphatic carbocycles. The molecule has 0 amide bonds. The molecule has 0 fully saturated rings. The molecule has 0 saturated carbocycles. The zero-order chi connectivity index (χ0) is 16.4. The maximum atomic E-state index is 5.37. The fourth-order valence-electron chi connectivity index (χ4n) is 3.09. The third-order valence-electron chi connectivity index (χ3n) is 4.40. The van der Waals surface area contributed by atoms with Gasteiger partial charge in [0, 0.05) is 0 Å². The van der Waals surface area contributed by atoms with Crippen LogP contribution in [-0.2, 0) is 19.3 Å². The first-order chi connectivity index (χ1) is 11.2. The van der Waals surface area contributed by atoms with Crippen LogP contribution in [0.4, 0.5) is 5.82 Å². The Kier molecular flexibility index (Phi) is 4.85. The number of rotatable bonds is 5. The van der Waals surface area contributed by atoms with E-state index in [1.807, 2.05) is 6.07 Å². The van der Waals surface area contributed by atoms with E-state index in [4.69, 9.17) is 9.72 Å². The summed E-state index contributed by atoms with van der Waals surface area (Å²) in [6, 6.07) is 6.61. The lowest BCUT2D eigenvalue weighted by Crippen LogP contribution is -2.13. The number of nitrogens with one attached hydrogen (secondary N) is 1. The zero-order valence-corrected chi connectivity index (χ0v) is 15.4. The Labute approximate surface area is 145 Å². The topological polar surface area (TPSA) is 47.0 Å². The van der Waals surface area contributed by atoms with E-state index < -0.39 is 0 Å². The van der Waals surface area contributed by atoms with Gasteiger partial charge in [0.2, 0.25) is 0 Å². The molecule has 1 atom stereocenters. The molecule has 2 aromatic rings. The third kappa shape index (κ3) is 3.20. The van der Waals surface area contributed by atoms with Gasteiger partial charge >= 0.3 is 0 Å². The molecule has 1 aromatic carbocycles. The summed E-state index contributed by atoms with van der Waals surface area (Å²) in [5, 5.41) is 3.62. The molecule has 1 N–H and O–H groups in total. The molecular formula is C18H22BrN3O. The number of aromatic nitrogens is 2. The van der Waals surface area contributed by atoms with Gasteiger partial charge in [0.25, 0.3) is 0 Å². The fourth-order valence-corrected chi connectivity index (χ4v) is 3.67. The van der Waals surface area contributed by atoms with E-state index in [2.05, 4.69) is 52.2 Å². The second-order valence-electron chi connectivity index (χ2n) is 5.76. The molecule has 1 aliphatic rings. The first-order valence-corrected chi connectivity index (χ1v) is 8.94. The maximum Gasteiger partial charge on any atom is 0.148 e. The van der Waals surface area contributed by atoms with E-state index in [1.165, 1.54) is 11.1 Å². The minimum Gasteiger partial charge on any atom is -0.497 e. The highest BCUT2D eigenvalue weighted by Crippen LogP contribution is 2.36. The molecule has 3 rings (SSSR count). The van der Waals surface area contributed by atoms with Gasteiger partial charge in [-0.15, -0.1) is 0 Å². The summed E-state index contributed by atoms with van der Waals surface area (Å²) in [6.45, 7) is 4.21. The zero-order valence-electron chi connectivity index (χ0n) is 13.8. The Bertz CT molecular complexity index is 718. The van der Waals surface area contributed by atoms with Gasteiger partial charge in [-0.2, -0.15) is 0 Å². The summed E-state index contributed by atoms with van der Waals surface area (Å²) in [4.78, 5) is 9.45. The number of methoxy groups -OCH3 is 1. The molecule has 1 aromatic heterocycles. The van der Waals surface area contributed by atoms with Crippen molar-refractivity contribution in [2.75, 3.05) is 12.4 Å². The number of ether oxygens (including phenoxy) is 1. The van der Waals surface area contributed by atoms with Gasteiger partial charge in [0.15, 0.2) is 0 Å². The van der Waals surface area contributed by atoms with Gasteiger partial charge in [-0.3, -0.25) is 0 Å². The second kappa shape index (κ2) is 6.87. The van der Waals surface area contributed by atoms with E-state index in [0.29, 0.717) is 0 Å². The molecule has 5 heteroatoms. The van der Waals surface area contributed by atoms with E-state index in [1.54, 1.807) is 7.11 Å². The molecule has 0 bridgehead atoms. The van der Waals surface area contributed by atoms with Crippen LogP contribution in [0.25, 0.3) is 0 Å². The number of benzene rings is 1. The second-order valence-corrected chi connectivity index (χ2v) is 6.51. The van der Waals surface area contributed by atoms with Crippen molar-refractivity contribution in [3.63, 3.8) is 0 Å². The minimum absolute atomic E-state index is 0.269. The smallest absolute Gasteiger partial charge is 0.148 e. The van der Waals surface area contributed by atoms with Crippen LogP contribution < -0.4 is 10.1 Å². The standard InChI is InChI=1S/C18H22BrN3O/c1-4-14-17(19)20-15(5-2)18(21-14)22-16-9-7-11-6-8-12(23-3)10-13(11)16/h6,8,10,16H,4-5,7,9H2,1-3H3,(H,21,22). The monoisotopic (exact) mass is 375 g/mol. The van der Waals surface area contributed by atoms with Gasteiger partial charge < -0.3 is 10.1 Å². The van der Waals surface area contributed by atoms with Crippen LogP contribution >= 0.6 is 15.9 Å². The summed E-state index contributed by atoms with van der Waals surface area (Å²) in [5.41, 5.74) is 4.70. The number of fused-ring (bicyclic) bond motifs is 1. The number of nitrogens with zero attached hydrogens (tertiary/aromatic N) is 2. The number of anilines is 1. The predicted octanol–water partition coefficient (Wildman–Crippen LogP) is 4.47. The average Bonchev–Trinajstić information content (AvgIpc) is 2.98. The summed E-state index contributed by atoms with van der Waals surface area (Å²) < 4.78 is 6.23. The van der Waals surface area contributed by atoms with Gasteiger partial charge in [0.05, 0.1) is 24.5 Å². The van der Waals surface area contributed by atoms with Crippen molar-refractivity contribution in [1.82, 2.24) is 9.97 Å². The van der Waals surface area contributed by atoms with E-state index in [-0.39, 0.29) is 6.04 Å². The van der Waals surface area contributed by atoms with Crippen LogP contribution in [-0.4, -0.2) is 17.1 Å². The molecule has 122 valence electrons. The Hall–Kier alpha value is -1.62. The lowest BCUT2D eigenvalue weighted by Gasteiger charge is -2.18. The molecule has 0 radical (unpaired) electrons. The molecule has 0 spiro atoms. The molecule has 0 saturated heterocycles. The summed E-state index contributed by atoms with van der Waals surface area (Å²) in [7, 11) is 1.71. The Balaban J connectivity index is 1.92. The van der Waals surface area contributed by atoms with Crippen LogP contribution in [0.15, 0.2) is 22.8 Å². The highest BCUT2D eigenvalue weighted by atomic mass is 79.9. The van der Waals surface area contributed by atoms with Crippen LogP contribution in [0, 0.1) is 0 Å². The molecule has 4 nitrogen and oxygen atoms in total. The fraction of sp³-hybridized carbons (Fsp3) is 0.444. The van der Waals surface area contributed by atoms with E-state index in [0.717, 1.165) is 53.2 Å². The van der Waals surface area contributed by atoms with Crippen LogP contribution in [0.2, 0.25) is 0 Å². The summed E-state index contributed by atoms with van der Waals surface area (Å²) >= 11 is 3.52. The molecule has 1 heterocycles. The van der Waals surface area contributed by atoms with Gasteiger partial charge in [0.1, 0.15) is 16.2 Å². The van der Waals surface area contributed by atoms with Crippen molar-refractivity contribution in [3.05, 3.63) is 45.3 Å². The molecular weight excluding hydrogens is 354 g/mol. The van der Waals surface area contributed by atoms with Crippen molar-refractivity contribution >= 4 is 21.7 Å². The molecule has 23 heavy (non-hydrogen) atoms. The first kappa shape index (κ1) is 16.2. The Morgan fingerprint density at radius 2 is 2.00 bits per heavy atom. The van der Waals surface area contributed by atoms with Crippen LogP contribution in [0.3, 0.4) is 0 Å². The highest BCUT2D eigenvalue weighted by Gasteiger charge is 2.24. The average molecular weight is 376 g/mol. The van der Waals surface area contributed by atoms with Gasteiger partial charge in [-0.25, -0.2) is 9.97 Å². The van der Waals surface area contributed by atoms with Crippen molar-refractivity contribution < 1.29 is 4.74 Å². The number of aryl methyl sites for hydroxylation is 3. The Morgan fingerprint density at radius 3 is 2.70 bits per heavy atom. The largest absolute Gasteiger partial charge is 0.497 e. The van der Waals surface area contributed by atoms with Gasteiger partial charge in [-0.05, 0) is 64.9 Å². The minimum atomic E-state index is 0.269. The van der Waals surface area contributed by atoms with E-state index >= 15 is 0 Å². The molecule has 1 unspecified atom stereocenters. The highest BCUT2D eigenvalue weighted by molar-refractivity contribution is 9.10.